The third-order valence-corrected chi connectivity index (χ3v) is 4.13. The van der Waals surface area contributed by atoms with Gasteiger partial charge in [-0.05, 0) is 32.0 Å². The van der Waals surface area contributed by atoms with Gasteiger partial charge in [-0.15, -0.1) is 0 Å². The molecule has 1 unspecified atom stereocenters. The summed E-state index contributed by atoms with van der Waals surface area (Å²) in [6.07, 6.45) is 4.34. The van der Waals surface area contributed by atoms with E-state index < -0.39 is 23.4 Å². The number of aromatic nitrogens is 4. The predicted molar refractivity (Wildman–Crippen MR) is 93.3 cm³/mol. The summed E-state index contributed by atoms with van der Waals surface area (Å²) in [5.41, 5.74) is 0.870. The first-order chi connectivity index (χ1) is 12.9. The Morgan fingerprint density at radius 2 is 2.11 bits per heavy atom. The summed E-state index contributed by atoms with van der Waals surface area (Å²) in [5, 5.41) is 6.91. The van der Waals surface area contributed by atoms with Gasteiger partial charge in [0.05, 0.1) is 12.2 Å². The molecule has 27 heavy (non-hydrogen) atoms. The molecule has 0 fully saturated rings. The van der Waals surface area contributed by atoms with Crippen LogP contribution in [0.3, 0.4) is 0 Å². The van der Waals surface area contributed by atoms with E-state index in [1.165, 1.54) is 33.9 Å². The largest absolute Gasteiger partial charge is 0.348 e. The van der Waals surface area contributed by atoms with Gasteiger partial charge in [0.25, 0.3) is 0 Å². The number of nitrogens with one attached hydrogen (secondary N) is 1. The number of amides is 1. The van der Waals surface area contributed by atoms with Crippen molar-refractivity contribution in [3.8, 4) is 5.69 Å². The van der Waals surface area contributed by atoms with E-state index in [2.05, 4.69) is 15.4 Å². The quantitative estimate of drug-likeness (QED) is 0.741. The van der Waals surface area contributed by atoms with Crippen molar-refractivity contribution in [1.82, 2.24) is 24.6 Å². The molecule has 1 aromatic carbocycles. The van der Waals surface area contributed by atoms with E-state index in [1.807, 2.05) is 0 Å². The number of hydrogen-bond acceptors (Lipinski definition) is 4. The van der Waals surface area contributed by atoms with Crippen molar-refractivity contribution in [1.29, 1.82) is 0 Å². The minimum Gasteiger partial charge on any atom is -0.348 e. The SMILES string of the molecule is Cc1c(C(C)NC(=O)Cn2cccnc2=O)cnn1-c1ccc(F)cc1F. The van der Waals surface area contributed by atoms with Gasteiger partial charge in [-0.2, -0.15) is 5.10 Å². The molecule has 0 aliphatic rings. The van der Waals surface area contributed by atoms with Crippen LogP contribution in [0.25, 0.3) is 5.69 Å². The molecule has 9 heteroatoms. The van der Waals surface area contributed by atoms with E-state index >= 15 is 0 Å². The molecule has 3 aromatic rings. The fourth-order valence-electron chi connectivity index (χ4n) is 2.77. The van der Waals surface area contributed by atoms with Crippen LogP contribution in [-0.4, -0.2) is 25.2 Å². The molecule has 3 rings (SSSR count). The van der Waals surface area contributed by atoms with Crippen LogP contribution in [-0.2, 0) is 11.3 Å². The first-order valence-electron chi connectivity index (χ1n) is 8.17. The Hall–Kier alpha value is -3.36. The predicted octanol–water partition coefficient (Wildman–Crippen LogP) is 1.89. The lowest BCUT2D eigenvalue weighted by atomic mass is 10.1. The third kappa shape index (κ3) is 3.91. The molecule has 140 valence electrons. The molecule has 2 heterocycles. The van der Waals surface area contributed by atoms with Crippen molar-refractivity contribution in [2.45, 2.75) is 26.4 Å². The molecule has 0 aliphatic carbocycles. The van der Waals surface area contributed by atoms with Crippen molar-refractivity contribution in [3.05, 3.63) is 76.2 Å². The zero-order chi connectivity index (χ0) is 19.6. The van der Waals surface area contributed by atoms with Crippen molar-refractivity contribution in [2.75, 3.05) is 0 Å². The van der Waals surface area contributed by atoms with Crippen LogP contribution in [0.4, 0.5) is 8.78 Å². The third-order valence-electron chi connectivity index (χ3n) is 4.13. The smallest absolute Gasteiger partial charge is 0.347 e. The molecule has 0 saturated heterocycles. The Morgan fingerprint density at radius 3 is 2.81 bits per heavy atom. The summed E-state index contributed by atoms with van der Waals surface area (Å²) < 4.78 is 29.6. The second kappa shape index (κ2) is 7.48. The van der Waals surface area contributed by atoms with E-state index in [1.54, 1.807) is 19.9 Å². The maximum Gasteiger partial charge on any atom is 0.347 e. The fourth-order valence-corrected chi connectivity index (χ4v) is 2.77. The number of rotatable bonds is 5. The van der Waals surface area contributed by atoms with Crippen molar-refractivity contribution in [2.24, 2.45) is 0 Å². The average Bonchev–Trinajstić information content (AvgIpc) is 2.98. The Labute approximate surface area is 153 Å². The molecule has 0 bridgehead atoms. The minimum absolute atomic E-state index is 0.112. The van der Waals surface area contributed by atoms with Crippen molar-refractivity contribution in [3.63, 3.8) is 0 Å². The van der Waals surface area contributed by atoms with E-state index in [4.69, 9.17) is 0 Å². The van der Waals surface area contributed by atoms with Crippen molar-refractivity contribution >= 4 is 5.91 Å². The van der Waals surface area contributed by atoms with Crippen LogP contribution < -0.4 is 11.0 Å². The zero-order valence-electron chi connectivity index (χ0n) is 14.7. The second-order valence-corrected chi connectivity index (χ2v) is 6.01. The normalized spacial score (nSPS) is 12.0. The highest BCUT2D eigenvalue weighted by molar-refractivity contribution is 5.76. The van der Waals surface area contributed by atoms with Crippen LogP contribution in [0.5, 0.6) is 0 Å². The van der Waals surface area contributed by atoms with Gasteiger partial charge in [0, 0.05) is 29.7 Å². The van der Waals surface area contributed by atoms with Gasteiger partial charge in [0.1, 0.15) is 18.0 Å². The molecule has 1 amide bonds. The Morgan fingerprint density at radius 1 is 1.33 bits per heavy atom. The van der Waals surface area contributed by atoms with E-state index in [-0.39, 0.29) is 18.1 Å². The van der Waals surface area contributed by atoms with Crippen molar-refractivity contribution < 1.29 is 13.6 Å². The molecule has 7 nitrogen and oxygen atoms in total. The molecular weight excluding hydrogens is 356 g/mol. The van der Waals surface area contributed by atoms with E-state index in [0.29, 0.717) is 11.3 Å². The molecule has 0 saturated carbocycles. The summed E-state index contributed by atoms with van der Waals surface area (Å²) in [6.45, 7) is 3.30. The molecule has 1 N–H and O–H groups in total. The number of carbonyl (C=O) groups excluding carboxylic acids is 1. The lowest BCUT2D eigenvalue weighted by molar-refractivity contribution is -0.122. The first-order valence-corrected chi connectivity index (χ1v) is 8.17. The number of halogens is 2. The summed E-state index contributed by atoms with van der Waals surface area (Å²) in [6, 6.07) is 4.36. The van der Waals surface area contributed by atoms with Crippen LogP contribution >= 0.6 is 0 Å². The van der Waals surface area contributed by atoms with Crippen LogP contribution in [0.1, 0.15) is 24.2 Å². The number of benzene rings is 1. The highest BCUT2D eigenvalue weighted by Crippen LogP contribution is 2.22. The summed E-state index contributed by atoms with van der Waals surface area (Å²) >= 11 is 0. The molecule has 0 radical (unpaired) electrons. The van der Waals surface area contributed by atoms with Gasteiger partial charge in [0.15, 0.2) is 5.82 Å². The number of nitrogens with zero attached hydrogens (tertiary/aromatic N) is 4. The van der Waals surface area contributed by atoms with E-state index in [0.717, 1.165) is 12.1 Å². The Bertz CT molecular complexity index is 1040. The fraction of sp³-hybridized carbons (Fsp3) is 0.222. The van der Waals surface area contributed by atoms with E-state index in [9.17, 15) is 18.4 Å². The average molecular weight is 373 g/mol. The molecule has 0 spiro atoms. The molecule has 2 aromatic heterocycles. The Balaban J connectivity index is 1.77. The number of hydrogen-bond donors (Lipinski definition) is 1. The highest BCUT2D eigenvalue weighted by atomic mass is 19.1. The molecular formula is C18H17F2N5O2. The molecule has 1 atom stereocenters. The topological polar surface area (TPSA) is 81.8 Å². The monoisotopic (exact) mass is 373 g/mol. The maximum absolute atomic E-state index is 14.0. The summed E-state index contributed by atoms with van der Waals surface area (Å²) in [4.78, 5) is 27.4. The number of carbonyl (C=O) groups is 1. The first kappa shape index (κ1) is 18.4. The molecule has 0 aliphatic heterocycles. The highest BCUT2D eigenvalue weighted by Gasteiger charge is 2.18. The van der Waals surface area contributed by atoms with Gasteiger partial charge >= 0.3 is 5.69 Å². The van der Waals surface area contributed by atoms with Crippen LogP contribution in [0.15, 0.2) is 47.7 Å². The van der Waals surface area contributed by atoms with Gasteiger partial charge in [-0.25, -0.2) is 23.2 Å². The lowest BCUT2D eigenvalue weighted by Crippen LogP contribution is -2.34. The summed E-state index contributed by atoms with van der Waals surface area (Å²) in [5.74, 6) is -1.79. The minimum atomic E-state index is -0.736. The van der Waals surface area contributed by atoms with Crippen LogP contribution in [0.2, 0.25) is 0 Å². The maximum atomic E-state index is 14.0. The Kier molecular flexibility index (Phi) is 5.11. The second-order valence-electron chi connectivity index (χ2n) is 6.01. The lowest BCUT2D eigenvalue weighted by Gasteiger charge is -2.15. The van der Waals surface area contributed by atoms with Gasteiger partial charge in [-0.1, -0.05) is 0 Å². The van der Waals surface area contributed by atoms with Gasteiger partial charge in [0.2, 0.25) is 5.91 Å². The standard InChI is InChI=1S/C18H17F2N5O2/c1-11(23-17(26)10-24-7-3-6-21-18(24)27)14-9-22-25(12(14)2)16-5-4-13(19)8-15(16)20/h3-9,11H,10H2,1-2H3,(H,23,26). The van der Waals surface area contributed by atoms with Gasteiger partial charge in [-0.3, -0.25) is 9.36 Å². The summed E-state index contributed by atoms with van der Waals surface area (Å²) in [7, 11) is 0. The van der Waals surface area contributed by atoms with Crippen LogP contribution in [0, 0.1) is 18.6 Å². The van der Waals surface area contributed by atoms with Gasteiger partial charge < -0.3 is 5.32 Å². The zero-order valence-corrected chi connectivity index (χ0v) is 14.7.